The molecule has 0 aliphatic carbocycles. The van der Waals surface area contributed by atoms with Crippen molar-refractivity contribution in [2.45, 2.75) is 6.54 Å². The molecule has 0 fully saturated rings. The van der Waals surface area contributed by atoms with Crippen molar-refractivity contribution in [2.75, 3.05) is 0 Å². The minimum absolute atomic E-state index is 0.191. The van der Waals surface area contributed by atoms with Gasteiger partial charge in [-0.3, -0.25) is 4.79 Å². The van der Waals surface area contributed by atoms with Gasteiger partial charge in [-0.1, -0.05) is 12.1 Å². The smallest absolute Gasteiger partial charge is 0.224 e. The number of aromatic nitrogens is 2. The van der Waals surface area contributed by atoms with E-state index in [0.29, 0.717) is 0 Å². The monoisotopic (exact) mass is 184 g/mol. The highest BCUT2D eigenvalue weighted by Gasteiger charge is 2.03. The Balaban J connectivity index is 2.44. The van der Waals surface area contributed by atoms with Crippen molar-refractivity contribution in [2.24, 2.45) is 0 Å². The molecule has 0 amide bonds. The van der Waals surface area contributed by atoms with E-state index in [4.69, 9.17) is 6.42 Å². The number of imidazole rings is 1. The van der Waals surface area contributed by atoms with E-state index in [0.717, 1.165) is 11.0 Å². The van der Waals surface area contributed by atoms with Gasteiger partial charge in [-0.25, -0.2) is 4.98 Å². The van der Waals surface area contributed by atoms with E-state index < -0.39 is 0 Å². The summed E-state index contributed by atoms with van der Waals surface area (Å²) in [7, 11) is 0. The first-order chi connectivity index (χ1) is 6.81. The van der Waals surface area contributed by atoms with Crippen LogP contribution in [0.15, 0.2) is 30.6 Å². The molecule has 1 aromatic heterocycles. The first-order valence-corrected chi connectivity index (χ1v) is 4.20. The summed E-state index contributed by atoms with van der Waals surface area (Å²) in [5.74, 6) is 1.84. The molecule has 0 radical (unpaired) electrons. The topological polar surface area (TPSA) is 34.9 Å². The third-order valence-electron chi connectivity index (χ3n) is 2.00. The summed E-state index contributed by atoms with van der Waals surface area (Å²) in [6.45, 7) is 0.191. The van der Waals surface area contributed by atoms with E-state index in [1.165, 1.54) is 0 Å². The van der Waals surface area contributed by atoms with Crippen LogP contribution in [0.5, 0.6) is 0 Å². The molecular weight excluding hydrogens is 176 g/mol. The maximum Gasteiger partial charge on any atom is 0.224 e. The van der Waals surface area contributed by atoms with Crippen molar-refractivity contribution in [1.82, 2.24) is 9.55 Å². The number of Topliss-reactive ketones (excluding diaryl/α,β-unsaturated/α-hetero) is 1. The zero-order valence-electron chi connectivity index (χ0n) is 7.47. The largest absolute Gasteiger partial charge is 0.322 e. The molecule has 0 N–H and O–H groups in total. The Morgan fingerprint density at radius 3 is 3.07 bits per heavy atom. The van der Waals surface area contributed by atoms with Gasteiger partial charge in [-0.15, -0.1) is 6.42 Å². The Morgan fingerprint density at radius 1 is 1.50 bits per heavy atom. The number of benzene rings is 1. The highest BCUT2D eigenvalue weighted by molar-refractivity contribution is 5.95. The minimum atomic E-state index is -0.242. The van der Waals surface area contributed by atoms with Crippen molar-refractivity contribution in [1.29, 1.82) is 0 Å². The summed E-state index contributed by atoms with van der Waals surface area (Å²) in [5, 5.41) is 0. The molecule has 0 bridgehead atoms. The van der Waals surface area contributed by atoms with Crippen molar-refractivity contribution >= 4 is 16.8 Å². The van der Waals surface area contributed by atoms with E-state index in [1.54, 1.807) is 10.9 Å². The fourth-order valence-electron chi connectivity index (χ4n) is 1.34. The molecule has 3 heteroatoms. The Labute approximate surface area is 81.4 Å². The van der Waals surface area contributed by atoms with Gasteiger partial charge in [0.05, 0.1) is 23.9 Å². The van der Waals surface area contributed by atoms with Crippen LogP contribution in [0.3, 0.4) is 0 Å². The predicted molar refractivity (Wildman–Crippen MR) is 53.6 cm³/mol. The molecule has 0 saturated carbocycles. The average molecular weight is 184 g/mol. The first-order valence-electron chi connectivity index (χ1n) is 4.20. The summed E-state index contributed by atoms with van der Waals surface area (Å²) in [5.41, 5.74) is 1.80. The van der Waals surface area contributed by atoms with Gasteiger partial charge in [-0.2, -0.15) is 0 Å². The number of terminal acetylenes is 1. The van der Waals surface area contributed by atoms with E-state index in [2.05, 4.69) is 10.9 Å². The van der Waals surface area contributed by atoms with Crippen molar-refractivity contribution in [3.63, 3.8) is 0 Å². The quantitative estimate of drug-likeness (QED) is 0.520. The Hall–Kier alpha value is -2.08. The lowest BCUT2D eigenvalue weighted by Gasteiger charge is -1.98. The minimum Gasteiger partial charge on any atom is -0.322 e. The highest BCUT2D eigenvalue weighted by Crippen LogP contribution is 2.11. The number of ketones is 1. The van der Waals surface area contributed by atoms with Crippen LogP contribution in [0.4, 0.5) is 0 Å². The number of hydrogen-bond acceptors (Lipinski definition) is 2. The molecule has 0 aliphatic heterocycles. The third kappa shape index (κ3) is 1.38. The maximum absolute atomic E-state index is 11.0. The van der Waals surface area contributed by atoms with Gasteiger partial charge in [0.2, 0.25) is 5.78 Å². The summed E-state index contributed by atoms with van der Waals surface area (Å²) in [4.78, 5) is 15.2. The second-order valence-corrected chi connectivity index (χ2v) is 2.93. The number of rotatable bonds is 2. The molecule has 1 aromatic carbocycles. The van der Waals surface area contributed by atoms with Gasteiger partial charge in [0.1, 0.15) is 0 Å². The van der Waals surface area contributed by atoms with Crippen LogP contribution in [0, 0.1) is 12.3 Å². The molecule has 68 valence electrons. The molecule has 0 unspecified atom stereocenters. The Bertz CT molecular complexity index is 519. The van der Waals surface area contributed by atoms with Gasteiger partial charge in [0, 0.05) is 0 Å². The second kappa shape index (κ2) is 3.35. The van der Waals surface area contributed by atoms with Crippen LogP contribution in [0.25, 0.3) is 11.0 Å². The number of para-hydroxylation sites is 2. The Morgan fingerprint density at radius 2 is 2.29 bits per heavy atom. The summed E-state index contributed by atoms with van der Waals surface area (Å²) in [6, 6.07) is 7.61. The molecule has 14 heavy (non-hydrogen) atoms. The van der Waals surface area contributed by atoms with Gasteiger partial charge < -0.3 is 4.57 Å². The molecule has 0 aliphatic rings. The van der Waals surface area contributed by atoms with E-state index in [1.807, 2.05) is 24.3 Å². The number of carbonyl (C=O) groups excluding carboxylic acids is 1. The van der Waals surface area contributed by atoms with Gasteiger partial charge in [0.25, 0.3) is 0 Å². The molecule has 1 heterocycles. The molecule has 2 aromatic rings. The molecule has 0 atom stereocenters. The predicted octanol–water partition coefficient (Wildman–Crippen LogP) is 1.24. The molecule has 0 saturated heterocycles. The number of carbonyl (C=O) groups is 1. The van der Waals surface area contributed by atoms with Crippen LogP contribution in [0.1, 0.15) is 0 Å². The fraction of sp³-hybridized carbons (Fsp3) is 0.0909. The molecule has 3 nitrogen and oxygen atoms in total. The van der Waals surface area contributed by atoms with E-state index >= 15 is 0 Å². The second-order valence-electron chi connectivity index (χ2n) is 2.93. The van der Waals surface area contributed by atoms with Crippen LogP contribution < -0.4 is 0 Å². The lowest BCUT2D eigenvalue weighted by Crippen LogP contribution is -2.06. The Kier molecular flexibility index (Phi) is 2.04. The molecule has 0 spiro atoms. The standard InChI is InChI=1S/C11H8N2O/c1-2-9(14)7-13-8-12-10-5-3-4-6-11(10)13/h1,3-6,8H,7H2. The average Bonchev–Trinajstić information content (AvgIpc) is 2.62. The van der Waals surface area contributed by atoms with Gasteiger partial charge in [-0.05, 0) is 18.1 Å². The van der Waals surface area contributed by atoms with Crippen molar-refractivity contribution in [3.05, 3.63) is 30.6 Å². The van der Waals surface area contributed by atoms with E-state index in [-0.39, 0.29) is 12.3 Å². The van der Waals surface area contributed by atoms with Crippen LogP contribution in [-0.4, -0.2) is 15.3 Å². The van der Waals surface area contributed by atoms with Crippen molar-refractivity contribution in [3.8, 4) is 12.3 Å². The fourth-order valence-corrected chi connectivity index (χ4v) is 1.34. The number of fused-ring (bicyclic) bond motifs is 1. The zero-order valence-corrected chi connectivity index (χ0v) is 7.47. The maximum atomic E-state index is 11.0. The third-order valence-corrected chi connectivity index (χ3v) is 2.00. The summed E-state index contributed by atoms with van der Waals surface area (Å²) in [6.07, 6.45) is 6.62. The molecule has 2 rings (SSSR count). The summed E-state index contributed by atoms with van der Waals surface area (Å²) >= 11 is 0. The lowest BCUT2D eigenvalue weighted by atomic mass is 10.3. The first kappa shape index (κ1) is 8.52. The normalized spacial score (nSPS) is 9.93. The number of nitrogens with zero attached hydrogens (tertiary/aromatic N) is 2. The van der Waals surface area contributed by atoms with Gasteiger partial charge in [0.15, 0.2) is 0 Å². The SMILES string of the molecule is C#CC(=O)Cn1cnc2ccccc21. The van der Waals surface area contributed by atoms with Crippen LogP contribution in [-0.2, 0) is 11.3 Å². The lowest BCUT2D eigenvalue weighted by molar-refractivity contribution is -0.114. The van der Waals surface area contributed by atoms with Crippen LogP contribution >= 0.6 is 0 Å². The number of hydrogen-bond donors (Lipinski definition) is 0. The van der Waals surface area contributed by atoms with E-state index in [9.17, 15) is 4.79 Å². The molecular formula is C11H8N2O. The van der Waals surface area contributed by atoms with Gasteiger partial charge >= 0.3 is 0 Å². The van der Waals surface area contributed by atoms with Crippen molar-refractivity contribution < 1.29 is 4.79 Å². The zero-order chi connectivity index (χ0) is 9.97. The summed E-state index contributed by atoms with van der Waals surface area (Å²) < 4.78 is 1.75. The van der Waals surface area contributed by atoms with Crippen LogP contribution in [0.2, 0.25) is 0 Å². The highest BCUT2D eigenvalue weighted by atomic mass is 16.1.